The largest absolute Gasteiger partial charge is 0.383 e. The zero-order valence-corrected chi connectivity index (χ0v) is 11.2. The molecule has 0 fully saturated rings. The molecule has 0 aromatic carbocycles. The summed E-state index contributed by atoms with van der Waals surface area (Å²) >= 11 is 1.82. The molecule has 3 nitrogen and oxygen atoms in total. The minimum Gasteiger partial charge on any atom is -0.383 e. The molecule has 0 bridgehead atoms. The summed E-state index contributed by atoms with van der Waals surface area (Å²) in [5.74, 6) is 0. The van der Waals surface area contributed by atoms with Gasteiger partial charge in [-0.2, -0.15) is 0 Å². The van der Waals surface area contributed by atoms with Crippen LogP contribution in [0.15, 0.2) is 17.5 Å². The fourth-order valence-corrected chi connectivity index (χ4v) is 2.34. The van der Waals surface area contributed by atoms with E-state index < -0.39 is 0 Å². The van der Waals surface area contributed by atoms with E-state index in [9.17, 15) is 0 Å². The minimum absolute atomic E-state index is 0.431. The van der Waals surface area contributed by atoms with E-state index in [0.717, 1.165) is 26.2 Å². The standard InChI is InChI=1S/C12H22N2OS/c1-11(10-15-3)13-6-7-14(2)9-12-5-4-8-16-12/h4-5,8,11,13H,6-7,9-10H2,1-3H3. The van der Waals surface area contributed by atoms with E-state index in [0.29, 0.717) is 6.04 Å². The Hall–Kier alpha value is -0.420. The summed E-state index contributed by atoms with van der Waals surface area (Å²) in [5, 5.41) is 5.56. The Morgan fingerprint density at radius 1 is 1.56 bits per heavy atom. The Labute approximate surface area is 102 Å². The van der Waals surface area contributed by atoms with Crippen LogP contribution >= 0.6 is 11.3 Å². The van der Waals surface area contributed by atoms with Gasteiger partial charge in [0.1, 0.15) is 0 Å². The molecule has 92 valence electrons. The molecule has 4 heteroatoms. The lowest BCUT2D eigenvalue weighted by Crippen LogP contribution is -2.36. The van der Waals surface area contributed by atoms with Gasteiger partial charge in [0.05, 0.1) is 6.61 Å². The van der Waals surface area contributed by atoms with Gasteiger partial charge in [0.15, 0.2) is 0 Å². The highest BCUT2D eigenvalue weighted by Gasteiger charge is 2.03. The monoisotopic (exact) mass is 242 g/mol. The Morgan fingerprint density at radius 3 is 3.00 bits per heavy atom. The van der Waals surface area contributed by atoms with Crippen LogP contribution in [-0.2, 0) is 11.3 Å². The van der Waals surface area contributed by atoms with Gasteiger partial charge in [-0.3, -0.25) is 0 Å². The summed E-state index contributed by atoms with van der Waals surface area (Å²) in [6.07, 6.45) is 0. The van der Waals surface area contributed by atoms with Crippen molar-refractivity contribution >= 4 is 11.3 Å². The molecule has 1 aromatic rings. The number of methoxy groups -OCH3 is 1. The summed E-state index contributed by atoms with van der Waals surface area (Å²) in [6.45, 7) is 6.02. The Balaban J connectivity index is 2.08. The molecule has 1 atom stereocenters. The van der Waals surface area contributed by atoms with E-state index in [1.807, 2.05) is 11.3 Å². The van der Waals surface area contributed by atoms with Crippen molar-refractivity contribution in [3.63, 3.8) is 0 Å². The van der Waals surface area contributed by atoms with Crippen LogP contribution in [0.2, 0.25) is 0 Å². The lowest BCUT2D eigenvalue weighted by atomic mass is 10.3. The Morgan fingerprint density at radius 2 is 2.38 bits per heavy atom. The van der Waals surface area contributed by atoms with E-state index in [-0.39, 0.29) is 0 Å². The molecule has 1 unspecified atom stereocenters. The number of ether oxygens (including phenoxy) is 1. The predicted molar refractivity (Wildman–Crippen MR) is 70.0 cm³/mol. The second-order valence-electron chi connectivity index (χ2n) is 4.13. The van der Waals surface area contributed by atoms with Crippen LogP contribution in [0, 0.1) is 0 Å². The topological polar surface area (TPSA) is 24.5 Å². The molecule has 16 heavy (non-hydrogen) atoms. The Bertz CT molecular complexity index is 264. The highest BCUT2D eigenvalue weighted by molar-refractivity contribution is 7.09. The first-order chi connectivity index (χ1) is 7.72. The van der Waals surface area contributed by atoms with Gasteiger partial charge in [0, 0.05) is 37.7 Å². The van der Waals surface area contributed by atoms with Crippen LogP contribution in [0.25, 0.3) is 0 Å². The summed E-state index contributed by atoms with van der Waals surface area (Å²) < 4.78 is 5.07. The number of hydrogen-bond acceptors (Lipinski definition) is 4. The van der Waals surface area contributed by atoms with Crippen molar-refractivity contribution in [2.45, 2.75) is 19.5 Å². The van der Waals surface area contributed by atoms with Gasteiger partial charge >= 0.3 is 0 Å². The number of hydrogen-bond donors (Lipinski definition) is 1. The van der Waals surface area contributed by atoms with Gasteiger partial charge in [-0.15, -0.1) is 11.3 Å². The van der Waals surface area contributed by atoms with Crippen molar-refractivity contribution in [2.24, 2.45) is 0 Å². The smallest absolute Gasteiger partial charge is 0.0613 e. The van der Waals surface area contributed by atoms with Gasteiger partial charge in [0.2, 0.25) is 0 Å². The second-order valence-corrected chi connectivity index (χ2v) is 5.16. The molecule has 0 aliphatic rings. The predicted octanol–water partition coefficient (Wildman–Crippen LogP) is 1.80. The normalized spacial score (nSPS) is 13.2. The third-order valence-corrected chi connectivity index (χ3v) is 3.27. The van der Waals surface area contributed by atoms with Crippen molar-refractivity contribution in [3.05, 3.63) is 22.4 Å². The first-order valence-electron chi connectivity index (χ1n) is 5.65. The van der Waals surface area contributed by atoms with Crippen LogP contribution in [-0.4, -0.2) is 44.8 Å². The molecule has 1 aromatic heterocycles. The van der Waals surface area contributed by atoms with Crippen LogP contribution in [0.1, 0.15) is 11.8 Å². The van der Waals surface area contributed by atoms with Gasteiger partial charge in [-0.25, -0.2) is 0 Å². The van der Waals surface area contributed by atoms with Gasteiger partial charge in [-0.1, -0.05) is 6.07 Å². The average molecular weight is 242 g/mol. The molecular weight excluding hydrogens is 220 g/mol. The molecule has 0 saturated heterocycles. The maximum absolute atomic E-state index is 5.07. The maximum atomic E-state index is 5.07. The molecule has 0 aliphatic heterocycles. The zero-order chi connectivity index (χ0) is 11.8. The number of likely N-dealkylation sites (N-methyl/N-ethyl adjacent to an activating group) is 1. The van der Waals surface area contributed by atoms with Crippen molar-refractivity contribution in [1.29, 1.82) is 0 Å². The number of rotatable bonds is 8. The quantitative estimate of drug-likeness (QED) is 0.752. The fourth-order valence-electron chi connectivity index (χ4n) is 1.56. The molecule has 0 spiro atoms. The minimum atomic E-state index is 0.431. The summed E-state index contributed by atoms with van der Waals surface area (Å²) in [6, 6.07) is 4.72. The molecule has 0 saturated carbocycles. The summed E-state index contributed by atoms with van der Waals surface area (Å²) in [5.41, 5.74) is 0. The average Bonchev–Trinajstić information content (AvgIpc) is 2.70. The van der Waals surface area contributed by atoms with Crippen molar-refractivity contribution in [1.82, 2.24) is 10.2 Å². The molecular formula is C12H22N2OS. The van der Waals surface area contributed by atoms with Gasteiger partial charge in [0.25, 0.3) is 0 Å². The molecule has 1 rings (SSSR count). The number of thiophene rings is 1. The molecule has 0 amide bonds. The van der Waals surface area contributed by atoms with Crippen molar-refractivity contribution < 1.29 is 4.74 Å². The highest BCUT2D eigenvalue weighted by atomic mass is 32.1. The van der Waals surface area contributed by atoms with E-state index in [4.69, 9.17) is 4.74 Å². The third-order valence-electron chi connectivity index (χ3n) is 2.41. The van der Waals surface area contributed by atoms with Crippen molar-refractivity contribution in [3.8, 4) is 0 Å². The summed E-state index contributed by atoms with van der Waals surface area (Å²) in [4.78, 5) is 3.76. The lowest BCUT2D eigenvalue weighted by Gasteiger charge is -2.18. The van der Waals surface area contributed by atoms with Crippen LogP contribution in [0.4, 0.5) is 0 Å². The SMILES string of the molecule is COCC(C)NCCN(C)Cc1cccs1. The number of nitrogens with one attached hydrogen (secondary N) is 1. The third kappa shape index (κ3) is 5.61. The second kappa shape index (κ2) is 7.79. The first-order valence-corrected chi connectivity index (χ1v) is 6.53. The lowest BCUT2D eigenvalue weighted by molar-refractivity contribution is 0.170. The first kappa shape index (κ1) is 13.6. The van der Waals surface area contributed by atoms with E-state index >= 15 is 0 Å². The molecule has 1 N–H and O–H groups in total. The molecule has 0 radical (unpaired) electrons. The van der Waals surface area contributed by atoms with Crippen molar-refractivity contribution in [2.75, 3.05) is 33.9 Å². The van der Waals surface area contributed by atoms with Gasteiger partial charge < -0.3 is 15.0 Å². The van der Waals surface area contributed by atoms with E-state index in [1.54, 1.807) is 7.11 Å². The fraction of sp³-hybridized carbons (Fsp3) is 0.667. The van der Waals surface area contributed by atoms with E-state index in [2.05, 4.69) is 41.7 Å². The van der Waals surface area contributed by atoms with Crippen LogP contribution < -0.4 is 5.32 Å². The zero-order valence-electron chi connectivity index (χ0n) is 10.4. The maximum Gasteiger partial charge on any atom is 0.0613 e. The van der Waals surface area contributed by atoms with Crippen LogP contribution in [0.3, 0.4) is 0 Å². The Kier molecular flexibility index (Phi) is 6.64. The van der Waals surface area contributed by atoms with Crippen LogP contribution in [0.5, 0.6) is 0 Å². The van der Waals surface area contributed by atoms with E-state index in [1.165, 1.54) is 4.88 Å². The van der Waals surface area contributed by atoms with Gasteiger partial charge in [-0.05, 0) is 25.4 Å². The summed E-state index contributed by atoms with van der Waals surface area (Å²) in [7, 11) is 3.89. The molecule has 0 aliphatic carbocycles. The number of nitrogens with zero attached hydrogens (tertiary/aromatic N) is 1. The highest BCUT2D eigenvalue weighted by Crippen LogP contribution is 2.10. The molecule has 1 heterocycles.